The van der Waals surface area contributed by atoms with Gasteiger partial charge in [-0.3, -0.25) is 24.4 Å². The highest BCUT2D eigenvalue weighted by atomic mass is 35.5. The minimum Gasteiger partial charge on any atom is -0.383 e. The van der Waals surface area contributed by atoms with E-state index in [1.54, 1.807) is 48.1 Å². The Kier molecular flexibility index (Phi) is 5.82. The summed E-state index contributed by atoms with van der Waals surface area (Å²) in [5, 5.41) is 3.55. The van der Waals surface area contributed by atoms with Gasteiger partial charge in [0.1, 0.15) is 5.57 Å². The topological polar surface area (TPSA) is 88.3 Å². The van der Waals surface area contributed by atoms with Gasteiger partial charge in [-0.25, -0.2) is 4.68 Å². The van der Waals surface area contributed by atoms with Crippen molar-refractivity contribution in [2.24, 2.45) is 0 Å². The van der Waals surface area contributed by atoms with Crippen molar-refractivity contribution < 1.29 is 18.9 Å². The van der Waals surface area contributed by atoms with Gasteiger partial charge in [0, 0.05) is 30.0 Å². The Morgan fingerprint density at radius 3 is 2.28 bits per heavy atom. The molecule has 0 atom stereocenters. The van der Waals surface area contributed by atoms with Crippen LogP contribution in [0.25, 0.3) is 17.0 Å². The van der Waals surface area contributed by atoms with Crippen LogP contribution in [0.2, 0.25) is 5.02 Å². The number of nitrogens with one attached hydrogen (secondary N) is 1. The maximum Gasteiger partial charge on any atom is 0.326 e. The summed E-state index contributed by atoms with van der Waals surface area (Å²) in [6.07, 6.45) is 3.41. The Labute approximate surface area is 189 Å². The number of aromatic nitrogens is 3. The molecule has 0 aliphatic carbocycles. The Hall–Kier alpha value is -3.49. The molecule has 0 spiro atoms. The molecule has 1 aliphatic rings. The first-order valence-corrected chi connectivity index (χ1v) is 10.4. The summed E-state index contributed by atoms with van der Waals surface area (Å²) >= 11 is 5.96. The zero-order chi connectivity index (χ0) is 23.0. The minimum atomic E-state index is -0.530. The Bertz CT molecular complexity index is 1290. The normalized spacial score (nSPS) is 14.1. The van der Waals surface area contributed by atoms with E-state index >= 15 is 0 Å². The van der Waals surface area contributed by atoms with E-state index in [-0.39, 0.29) is 30.0 Å². The molecule has 0 unspecified atom stereocenters. The van der Waals surface area contributed by atoms with Crippen molar-refractivity contribution in [3.8, 4) is 5.69 Å². The van der Waals surface area contributed by atoms with Crippen LogP contribution in [0.3, 0.4) is 0 Å². The first kappa shape index (κ1) is 21.7. The molecule has 4 rings (SSSR count). The number of benzene rings is 1. The molecule has 0 saturated heterocycles. The van der Waals surface area contributed by atoms with E-state index in [0.717, 1.165) is 10.5 Å². The third kappa shape index (κ3) is 3.68. The second-order valence-corrected chi connectivity index (χ2v) is 7.93. The zero-order valence-electron chi connectivity index (χ0n) is 17.9. The first-order valence-electron chi connectivity index (χ1n) is 9.99. The van der Waals surface area contributed by atoms with E-state index in [1.807, 2.05) is 19.1 Å². The van der Waals surface area contributed by atoms with E-state index in [9.17, 15) is 14.4 Å². The molecule has 0 saturated carbocycles. The molecule has 1 aromatic carbocycles. The lowest BCUT2D eigenvalue weighted by molar-refractivity contribution is -0.577. The number of imide groups is 1. The summed E-state index contributed by atoms with van der Waals surface area (Å²) in [5.41, 5.74) is 1.95. The van der Waals surface area contributed by atoms with Gasteiger partial charge in [0.15, 0.2) is 12.4 Å². The average molecular weight is 454 g/mol. The van der Waals surface area contributed by atoms with Crippen LogP contribution in [0.5, 0.6) is 0 Å². The number of nitrogens with zero attached hydrogens (tertiary/aromatic N) is 3. The molecule has 164 valence electrons. The van der Waals surface area contributed by atoms with Crippen molar-refractivity contribution in [2.45, 2.75) is 13.8 Å². The van der Waals surface area contributed by atoms with Crippen molar-refractivity contribution in [1.29, 1.82) is 0 Å². The lowest BCUT2D eigenvalue weighted by Crippen LogP contribution is -2.40. The minimum absolute atomic E-state index is 0.0615. The Morgan fingerprint density at radius 1 is 1.00 bits per heavy atom. The number of rotatable bonds is 6. The van der Waals surface area contributed by atoms with E-state index < -0.39 is 17.4 Å². The summed E-state index contributed by atoms with van der Waals surface area (Å²) in [4.78, 5) is 41.2. The number of aromatic amines is 1. The van der Waals surface area contributed by atoms with E-state index in [1.165, 1.54) is 11.8 Å². The lowest BCUT2D eigenvalue weighted by atomic mass is 10.1. The van der Waals surface area contributed by atoms with Gasteiger partial charge in [0.25, 0.3) is 17.2 Å². The SMILES string of the molecule is COCCN1C(=O)C(c2c(C)[nH]n(-c3ccc(Cl)cc3)c2=O)=C([n+]2ccc(C)cc2)C1=O. The number of aryl methyl sites for hydroxylation is 2. The highest BCUT2D eigenvalue weighted by Crippen LogP contribution is 2.29. The Morgan fingerprint density at radius 2 is 1.66 bits per heavy atom. The molecular weight excluding hydrogens is 432 g/mol. The third-order valence-electron chi connectivity index (χ3n) is 5.32. The largest absolute Gasteiger partial charge is 0.383 e. The number of pyridine rings is 1. The van der Waals surface area contributed by atoms with Gasteiger partial charge < -0.3 is 4.74 Å². The molecule has 3 aromatic rings. The van der Waals surface area contributed by atoms with E-state index in [4.69, 9.17) is 16.3 Å². The van der Waals surface area contributed by atoms with Gasteiger partial charge >= 0.3 is 5.91 Å². The van der Waals surface area contributed by atoms with E-state index in [2.05, 4.69) is 5.10 Å². The van der Waals surface area contributed by atoms with Gasteiger partial charge in [0.2, 0.25) is 0 Å². The van der Waals surface area contributed by atoms with Crippen LogP contribution in [0.1, 0.15) is 16.8 Å². The fourth-order valence-corrected chi connectivity index (χ4v) is 3.80. The number of methoxy groups -OCH3 is 1. The molecule has 0 bridgehead atoms. The number of carbonyl (C=O) groups is 2. The van der Waals surface area contributed by atoms with Crippen molar-refractivity contribution in [1.82, 2.24) is 14.7 Å². The first-order chi connectivity index (χ1) is 15.3. The van der Waals surface area contributed by atoms with E-state index in [0.29, 0.717) is 16.4 Å². The maximum atomic E-state index is 13.4. The zero-order valence-corrected chi connectivity index (χ0v) is 18.6. The summed E-state index contributed by atoms with van der Waals surface area (Å²) in [5.74, 6) is -1.01. The third-order valence-corrected chi connectivity index (χ3v) is 5.58. The van der Waals surface area contributed by atoms with Crippen LogP contribution in [0, 0.1) is 13.8 Å². The number of amides is 2. The van der Waals surface area contributed by atoms with Crippen LogP contribution in [-0.2, 0) is 14.3 Å². The van der Waals surface area contributed by atoms with Crippen LogP contribution in [-0.4, -0.2) is 46.8 Å². The molecular formula is C23H22ClN4O4+. The average Bonchev–Trinajstić information content (AvgIpc) is 3.19. The molecule has 1 aliphatic heterocycles. The highest BCUT2D eigenvalue weighted by molar-refractivity contribution is 6.44. The monoisotopic (exact) mass is 453 g/mol. The van der Waals surface area contributed by atoms with Crippen molar-refractivity contribution in [3.63, 3.8) is 0 Å². The highest BCUT2D eigenvalue weighted by Gasteiger charge is 2.46. The van der Waals surface area contributed by atoms with Crippen molar-refractivity contribution in [2.75, 3.05) is 20.3 Å². The lowest BCUT2D eigenvalue weighted by Gasteiger charge is -2.12. The van der Waals surface area contributed by atoms with Gasteiger partial charge in [-0.15, -0.1) is 0 Å². The number of H-pyrrole nitrogens is 1. The summed E-state index contributed by atoms with van der Waals surface area (Å²) < 4.78 is 7.97. The van der Waals surface area contributed by atoms with Crippen molar-refractivity contribution >= 4 is 34.7 Å². The van der Waals surface area contributed by atoms with Crippen LogP contribution in [0.4, 0.5) is 0 Å². The molecule has 0 radical (unpaired) electrons. The number of hydrogen-bond donors (Lipinski definition) is 1. The molecule has 0 fully saturated rings. The fourth-order valence-electron chi connectivity index (χ4n) is 3.68. The van der Waals surface area contributed by atoms with Crippen LogP contribution >= 0.6 is 11.6 Å². The summed E-state index contributed by atoms with van der Waals surface area (Å²) in [7, 11) is 1.50. The predicted molar refractivity (Wildman–Crippen MR) is 119 cm³/mol. The van der Waals surface area contributed by atoms with Crippen LogP contribution in [0.15, 0.2) is 53.6 Å². The van der Waals surface area contributed by atoms with Crippen LogP contribution < -0.4 is 10.1 Å². The standard InChI is InChI=1S/C23H21ClN4O4/c1-14-8-10-26(11-9-14)20-19(21(29)27(23(20)31)12-13-32-3)18-15(2)25-28(22(18)30)17-6-4-16(24)5-7-17/h4-11H,12-13H2,1-3H3/p+1. The molecule has 1 N–H and O–H groups in total. The van der Waals surface area contributed by atoms with Gasteiger partial charge in [-0.2, -0.15) is 4.57 Å². The molecule has 32 heavy (non-hydrogen) atoms. The second kappa shape index (κ2) is 8.57. The maximum absolute atomic E-state index is 13.4. The van der Waals surface area contributed by atoms with Gasteiger partial charge in [0.05, 0.1) is 24.4 Å². The molecule has 3 heterocycles. The Balaban J connectivity index is 1.92. The molecule has 2 amide bonds. The van der Waals surface area contributed by atoms with Crippen molar-refractivity contribution in [3.05, 3.63) is 81.0 Å². The predicted octanol–water partition coefficient (Wildman–Crippen LogP) is 2.11. The van der Waals surface area contributed by atoms with Gasteiger partial charge in [-0.05, 0) is 43.7 Å². The fraction of sp³-hybridized carbons (Fsp3) is 0.217. The smallest absolute Gasteiger partial charge is 0.326 e. The molecule has 8 nitrogen and oxygen atoms in total. The second-order valence-electron chi connectivity index (χ2n) is 7.49. The molecule has 9 heteroatoms. The number of hydrogen-bond acceptors (Lipinski definition) is 4. The quantitative estimate of drug-likeness (QED) is 0.457. The number of carbonyl (C=O) groups excluding carboxylic acids is 2. The summed E-state index contributed by atoms with van der Waals surface area (Å²) in [6, 6.07) is 10.4. The summed E-state index contributed by atoms with van der Waals surface area (Å²) in [6.45, 7) is 3.90. The number of halogens is 1. The van der Waals surface area contributed by atoms with Gasteiger partial charge in [-0.1, -0.05) is 11.6 Å². The molecule has 2 aromatic heterocycles. The number of ether oxygens (including phenoxy) is 1.